The summed E-state index contributed by atoms with van der Waals surface area (Å²) < 4.78 is 24.8. The number of fused-ring (bicyclic) bond motifs is 2. The summed E-state index contributed by atoms with van der Waals surface area (Å²) in [6.07, 6.45) is 9.24. The number of pyridine rings is 1. The number of primary amides is 1. The van der Waals surface area contributed by atoms with Gasteiger partial charge in [-0.1, -0.05) is 37.1 Å². The van der Waals surface area contributed by atoms with Gasteiger partial charge in [0.1, 0.15) is 11.9 Å². The van der Waals surface area contributed by atoms with Crippen molar-refractivity contribution in [1.82, 2.24) is 4.98 Å². The molecule has 0 radical (unpaired) electrons. The van der Waals surface area contributed by atoms with E-state index in [4.69, 9.17) is 15.2 Å². The van der Waals surface area contributed by atoms with E-state index in [1.54, 1.807) is 12.3 Å². The van der Waals surface area contributed by atoms with Crippen molar-refractivity contribution < 1.29 is 23.5 Å². The van der Waals surface area contributed by atoms with Crippen molar-refractivity contribution in [1.29, 1.82) is 0 Å². The lowest BCUT2D eigenvalue weighted by Gasteiger charge is -2.49. The fraction of sp³-hybridized carbons (Fsp3) is 0.444. The molecule has 7 heteroatoms. The third-order valence-electron chi connectivity index (χ3n) is 7.84. The highest BCUT2D eigenvalue weighted by Crippen LogP contribution is 2.56. The molecule has 2 saturated carbocycles. The molecule has 2 aromatic rings. The number of carbonyl (C=O) groups is 2. The normalized spacial score (nSPS) is 32.6. The Morgan fingerprint density at radius 1 is 1.24 bits per heavy atom. The van der Waals surface area contributed by atoms with Gasteiger partial charge in [-0.05, 0) is 67.4 Å². The lowest BCUT2D eigenvalue weighted by atomic mass is 9.55. The molecule has 0 unspecified atom stereocenters. The number of esters is 1. The SMILES string of the molecule is C[C@H]1OC(=O)[C@]2(OC(N)=O)C[C@@H]3CCCC[C@H]3[C@H](/C=C/c3ccc(-c4cccc(F)c4)cn3)[C@H]12. The molecule has 1 aromatic carbocycles. The topological polar surface area (TPSA) is 91.5 Å². The molecular weight excluding hydrogens is 435 g/mol. The summed E-state index contributed by atoms with van der Waals surface area (Å²) in [5.41, 5.74) is 6.45. The molecule has 2 N–H and O–H groups in total. The third-order valence-corrected chi connectivity index (χ3v) is 7.84. The highest BCUT2D eigenvalue weighted by molar-refractivity contribution is 5.86. The maximum Gasteiger partial charge on any atom is 0.405 e. The number of hydrogen-bond donors (Lipinski definition) is 1. The number of rotatable bonds is 4. The standard InChI is InChI=1S/C27H29FN2O4/c1-16-24-23(12-11-21-10-9-19(15-30-21)17-6-4-7-20(28)13-17)22-8-3-2-5-18(22)14-27(24,25(31)33-16)34-26(29)32/h4,6-7,9-13,15-16,18,22-24H,2-3,5,8,14H2,1H3,(H2,29,32)/b12-11+/t16-,18+,22-,23+,24+,27+/m1/s1. The number of hydrogen-bond acceptors (Lipinski definition) is 5. The van der Waals surface area contributed by atoms with Crippen molar-refractivity contribution in [2.75, 3.05) is 0 Å². The van der Waals surface area contributed by atoms with Gasteiger partial charge in [0.15, 0.2) is 0 Å². The van der Waals surface area contributed by atoms with E-state index in [9.17, 15) is 14.0 Å². The molecule has 2 heterocycles. The van der Waals surface area contributed by atoms with Gasteiger partial charge in [-0.3, -0.25) is 4.98 Å². The minimum absolute atomic E-state index is 0.00968. The molecule has 1 saturated heterocycles. The van der Waals surface area contributed by atoms with E-state index >= 15 is 0 Å². The molecule has 0 spiro atoms. The monoisotopic (exact) mass is 464 g/mol. The van der Waals surface area contributed by atoms with Crippen molar-refractivity contribution in [3.63, 3.8) is 0 Å². The third kappa shape index (κ3) is 3.97. The molecule has 1 aliphatic heterocycles. The van der Waals surface area contributed by atoms with Crippen LogP contribution in [-0.4, -0.2) is 28.8 Å². The predicted octanol–water partition coefficient (Wildman–Crippen LogP) is 5.12. The number of amides is 1. The fourth-order valence-corrected chi connectivity index (χ4v) is 6.50. The van der Waals surface area contributed by atoms with E-state index in [1.165, 1.54) is 12.1 Å². The van der Waals surface area contributed by atoms with Gasteiger partial charge < -0.3 is 15.2 Å². The minimum Gasteiger partial charge on any atom is -0.459 e. The molecule has 1 aromatic heterocycles. The minimum atomic E-state index is -1.33. The second-order valence-electron chi connectivity index (χ2n) is 9.78. The number of nitrogens with zero attached hydrogens (tertiary/aromatic N) is 1. The van der Waals surface area contributed by atoms with Crippen LogP contribution in [0.25, 0.3) is 17.2 Å². The zero-order chi connectivity index (χ0) is 23.9. The van der Waals surface area contributed by atoms with Crippen molar-refractivity contribution in [3.8, 4) is 11.1 Å². The van der Waals surface area contributed by atoms with Gasteiger partial charge in [-0.2, -0.15) is 0 Å². The van der Waals surface area contributed by atoms with E-state index < -0.39 is 17.7 Å². The van der Waals surface area contributed by atoms with Crippen LogP contribution >= 0.6 is 0 Å². The van der Waals surface area contributed by atoms with Crippen molar-refractivity contribution >= 4 is 18.1 Å². The van der Waals surface area contributed by atoms with Crippen LogP contribution in [0.3, 0.4) is 0 Å². The molecule has 2 aliphatic carbocycles. The summed E-state index contributed by atoms with van der Waals surface area (Å²) in [5, 5.41) is 0. The fourth-order valence-electron chi connectivity index (χ4n) is 6.50. The molecule has 3 fully saturated rings. The number of ether oxygens (including phenoxy) is 2. The van der Waals surface area contributed by atoms with Crippen LogP contribution in [-0.2, 0) is 14.3 Å². The van der Waals surface area contributed by atoms with Gasteiger partial charge in [0.2, 0.25) is 5.60 Å². The quantitative estimate of drug-likeness (QED) is 0.634. The summed E-state index contributed by atoms with van der Waals surface area (Å²) in [6.45, 7) is 1.87. The van der Waals surface area contributed by atoms with Crippen LogP contribution in [0.2, 0.25) is 0 Å². The second kappa shape index (κ2) is 8.85. The number of cyclic esters (lactones) is 1. The van der Waals surface area contributed by atoms with Crippen molar-refractivity contribution in [2.45, 2.75) is 50.7 Å². The first-order chi connectivity index (χ1) is 16.4. The Hall–Kier alpha value is -3.22. The molecule has 5 rings (SSSR count). The molecule has 6 nitrogen and oxygen atoms in total. The number of nitrogens with two attached hydrogens (primary N) is 1. The maximum absolute atomic E-state index is 13.6. The first kappa shape index (κ1) is 22.6. The van der Waals surface area contributed by atoms with Gasteiger partial charge in [-0.25, -0.2) is 14.0 Å². The van der Waals surface area contributed by atoms with E-state index in [1.807, 2.05) is 31.2 Å². The molecule has 6 atom stereocenters. The Labute approximate surface area is 198 Å². The van der Waals surface area contributed by atoms with E-state index in [0.29, 0.717) is 12.3 Å². The second-order valence-corrected chi connectivity index (χ2v) is 9.78. The highest BCUT2D eigenvalue weighted by Gasteiger charge is 2.66. The smallest absolute Gasteiger partial charge is 0.405 e. The van der Waals surface area contributed by atoms with Gasteiger partial charge in [0.25, 0.3) is 0 Å². The zero-order valence-electron chi connectivity index (χ0n) is 19.2. The summed E-state index contributed by atoms with van der Waals surface area (Å²) in [5.74, 6) is -0.434. The lowest BCUT2D eigenvalue weighted by molar-refractivity contribution is -0.162. The van der Waals surface area contributed by atoms with E-state index in [0.717, 1.165) is 42.5 Å². The average molecular weight is 465 g/mol. The Morgan fingerprint density at radius 2 is 2.06 bits per heavy atom. The van der Waals surface area contributed by atoms with Gasteiger partial charge in [0, 0.05) is 18.2 Å². The number of carbonyl (C=O) groups excluding carboxylic acids is 2. The molecule has 0 bridgehead atoms. The summed E-state index contributed by atoms with van der Waals surface area (Å²) in [6, 6.07) is 10.2. The first-order valence-electron chi connectivity index (χ1n) is 12.0. The van der Waals surface area contributed by atoms with Crippen molar-refractivity contribution in [2.24, 2.45) is 29.4 Å². The summed E-state index contributed by atoms with van der Waals surface area (Å²) in [7, 11) is 0. The lowest BCUT2D eigenvalue weighted by Crippen LogP contribution is -2.57. The van der Waals surface area contributed by atoms with Crippen LogP contribution in [0, 0.1) is 29.5 Å². The molecule has 1 amide bonds. The van der Waals surface area contributed by atoms with Gasteiger partial charge in [-0.15, -0.1) is 0 Å². The predicted molar refractivity (Wildman–Crippen MR) is 125 cm³/mol. The first-order valence-corrected chi connectivity index (χ1v) is 12.0. The number of aromatic nitrogens is 1. The Kier molecular flexibility index (Phi) is 5.88. The molecular formula is C27H29FN2O4. The average Bonchev–Trinajstić information content (AvgIpc) is 3.05. The van der Waals surface area contributed by atoms with Crippen LogP contribution in [0.1, 0.15) is 44.7 Å². The van der Waals surface area contributed by atoms with E-state index in [2.05, 4.69) is 11.1 Å². The molecule has 3 aliphatic rings. The number of allylic oxidation sites excluding steroid dienone is 1. The molecule has 178 valence electrons. The van der Waals surface area contributed by atoms with Crippen LogP contribution in [0.5, 0.6) is 0 Å². The molecule has 34 heavy (non-hydrogen) atoms. The van der Waals surface area contributed by atoms with Crippen LogP contribution < -0.4 is 5.73 Å². The van der Waals surface area contributed by atoms with Gasteiger partial charge >= 0.3 is 12.1 Å². The highest BCUT2D eigenvalue weighted by atomic mass is 19.1. The summed E-state index contributed by atoms with van der Waals surface area (Å²) in [4.78, 5) is 29.3. The van der Waals surface area contributed by atoms with E-state index in [-0.39, 0.29) is 29.7 Å². The van der Waals surface area contributed by atoms with Crippen molar-refractivity contribution in [3.05, 3.63) is 60.2 Å². The summed E-state index contributed by atoms with van der Waals surface area (Å²) >= 11 is 0. The van der Waals surface area contributed by atoms with Crippen LogP contribution in [0.15, 0.2) is 48.7 Å². The number of halogens is 1. The maximum atomic E-state index is 13.6. The van der Waals surface area contributed by atoms with Gasteiger partial charge in [0.05, 0.1) is 11.6 Å². The van der Waals surface area contributed by atoms with Crippen LogP contribution in [0.4, 0.5) is 9.18 Å². The number of benzene rings is 1. The Morgan fingerprint density at radius 3 is 2.79 bits per heavy atom. The Bertz CT molecular complexity index is 1120. The largest absolute Gasteiger partial charge is 0.459 e. The Balaban J connectivity index is 1.45. The zero-order valence-corrected chi connectivity index (χ0v) is 19.2.